The molecule has 0 saturated carbocycles. The van der Waals surface area contributed by atoms with Gasteiger partial charge in [-0.05, 0) is 18.6 Å². The quantitative estimate of drug-likeness (QED) is 0.906. The SMILES string of the molecule is Cc1cc(C(=O)O)c(Cl)c(OCC(F)(F)F)c1S(C)(=O)=O. The lowest BCUT2D eigenvalue weighted by atomic mass is 10.1. The third kappa shape index (κ3) is 4.24. The zero-order chi connectivity index (χ0) is 16.6. The van der Waals surface area contributed by atoms with E-state index in [4.69, 9.17) is 16.7 Å². The molecule has 1 N–H and O–H groups in total. The lowest BCUT2D eigenvalue weighted by Gasteiger charge is -2.17. The maximum atomic E-state index is 12.2. The molecule has 0 spiro atoms. The van der Waals surface area contributed by atoms with Crippen molar-refractivity contribution in [2.75, 3.05) is 12.9 Å². The molecule has 1 aromatic carbocycles. The first-order chi connectivity index (χ1) is 9.34. The van der Waals surface area contributed by atoms with Crippen LogP contribution in [-0.4, -0.2) is 38.5 Å². The number of benzene rings is 1. The molecule has 0 aliphatic carbocycles. The van der Waals surface area contributed by atoms with Gasteiger partial charge in [0.15, 0.2) is 22.2 Å². The summed E-state index contributed by atoms with van der Waals surface area (Å²) in [5, 5.41) is 8.23. The van der Waals surface area contributed by atoms with Crippen LogP contribution in [0.5, 0.6) is 5.75 Å². The van der Waals surface area contributed by atoms with E-state index in [9.17, 15) is 26.4 Å². The Morgan fingerprint density at radius 3 is 2.33 bits per heavy atom. The van der Waals surface area contributed by atoms with Crippen LogP contribution in [0.2, 0.25) is 5.02 Å². The van der Waals surface area contributed by atoms with Crippen molar-refractivity contribution in [1.29, 1.82) is 0 Å². The molecule has 0 bridgehead atoms. The molecule has 0 heterocycles. The van der Waals surface area contributed by atoms with Gasteiger partial charge in [-0.3, -0.25) is 0 Å². The summed E-state index contributed by atoms with van der Waals surface area (Å²) in [6.07, 6.45) is -3.97. The summed E-state index contributed by atoms with van der Waals surface area (Å²) in [4.78, 5) is 10.4. The van der Waals surface area contributed by atoms with E-state index in [0.717, 1.165) is 12.3 Å². The van der Waals surface area contributed by atoms with Gasteiger partial charge in [0, 0.05) is 6.26 Å². The molecule has 0 radical (unpaired) electrons. The Bertz CT molecular complexity index is 682. The second kappa shape index (κ2) is 5.72. The first-order valence-electron chi connectivity index (χ1n) is 5.30. The number of halogens is 4. The van der Waals surface area contributed by atoms with Crippen molar-refractivity contribution in [3.63, 3.8) is 0 Å². The molecule has 0 unspecified atom stereocenters. The van der Waals surface area contributed by atoms with Gasteiger partial charge < -0.3 is 9.84 Å². The molecular formula is C11H10ClF3O5S. The monoisotopic (exact) mass is 346 g/mol. The number of alkyl halides is 3. The number of aryl methyl sites for hydroxylation is 1. The summed E-state index contributed by atoms with van der Waals surface area (Å²) >= 11 is 5.68. The molecule has 0 fully saturated rings. The molecule has 118 valence electrons. The normalized spacial score (nSPS) is 12.3. The van der Waals surface area contributed by atoms with Crippen LogP contribution >= 0.6 is 11.6 Å². The molecule has 0 aromatic heterocycles. The standard InChI is InChI=1S/C11H10ClF3O5S/c1-5-3-6(10(16)17)7(12)8(9(5)21(2,18)19)20-4-11(13,14)15/h3H,4H2,1-2H3,(H,16,17). The van der Waals surface area contributed by atoms with E-state index in [2.05, 4.69) is 4.74 Å². The first-order valence-corrected chi connectivity index (χ1v) is 7.57. The molecule has 0 amide bonds. The van der Waals surface area contributed by atoms with Gasteiger partial charge in [-0.2, -0.15) is 13.2 Å². The zero-order valence-corrected chi connectivity index (χ0v) is 12.4. The van der Waals surface area contributed by atoms with Crippen molar-refractivity contribution in [1.82, 2.24) is 0 Å². The molecule has 5 nitrogen and oxygen atoms in total. The summed E-state index contributed by atoms with van der Waals surface area (Å²) in [5.41, 5.74) is -0.616. The number of carboxylic acids is 1. The number of carbonyl (C=O) groups is 1. The predicted molar refractivity (Wildman–Crippen MR) is 67.8 cm³/mol. The van der Waals surface area contributed by atoms with Crippen LogP contribution in [0.15, 0.2) is 11.0 Å². The van der Waals surface area contributed by atoms with Gasteiger partial charge >= 0.3 is 12.1 Å². The number of carboxylic acid groups (broad SMARTS) is 1. The van der Waals surface area contributed by atoms with E-state index >= 15 is 0 Å². The molecule has 1 aromatic rings. The van der Waals surface area contributed by atoms with Gasteiger partial charge in [0.25, 0.3) is 0 Å². The highest BCUT2D eigenvalue weighted by molar-refractivity contribution is 7.90. The zero-order valence-electron chi connectivity index (χ0n) is 10.8. The lowest BCUT2D eigenvalue weighted by molar-refractivity contribution is -0.153. The first kappa shape index (κ1) is 17.6. The number of ether oxygens (including phenoxy) is 1. The van der Waals surface area contributed by atoms with Crippen LogP contribution in [0.25, 0.3) is 0 Å². The van der Waals surface area contributed by atoms with Crippen molar-refractivity contribution in [3.8, 4) is 5.75 Å². The van der Waals surface area contributed by atoms with Crippen molar-refractivity contribution in [2.45, 2.75) is 18.0 Å². The van der Waals surface area contributed by atoms with Crippen LogP contribution in [0.4, 0.5) is 13.2 Å². The minimum Gasteiger partial charge on any atom is -0.481 e. The topological polar surface area (TPSA) is 80.7 Å². The molecule has 0 aliphatic heterocycles. The fourth-order valence-corrected chi connectivity index (χ4v) is 3.13. The van der Waals surface area contributed by atoms with E-state index in [1.54, 1.807) is 0 Å². The van der Waals surface area contributed by atoms with Crippen molar-refractivity contribution >= 4 is 27.4 Å². The molecule has 0 atom stereocenters. The summed E-state index contributed by atoms with van der Waals surface area (Å²) in [7, 11) is -3.97. The Balaban J connectivity index is 3.58. The largest absolute Gasteiger partial charge is 0.481 e. The van der Waals surface area contributed by atoms with E-state index in [-0.39, 0.29) is 5.56 Å². The van der Waals surface area contributed by atoms with Gasteiger partial charge in [-0.25, -0.2) is 13.2 Å². The summed E-state index contributed by atoms with van der Waals surface area (Å²) in [6.45, 7) is -0.558. The van der Waals surface area contributed by atoms with E-state index in [1.165, 1.54) is 6.92 Å². The highest BCUT2D eigenvalue weighted by Crippen LogP contribution is 2.38. The lowest BCUT2D eigenvalue weighted by Crippen LogP contribution is -2.21. The highest BCUT2D eigenvalue weighted by atomic mass is 35.5. The number of sulfone groups is 1. The maximum absolute atomic E-state index is 12.2. The Morgan fingerprint density at radius 1 is 1.43 bits per heavy atom. The van der Waals surface area contributed by atoms with Crippen LogP contribution in [-0.2, 0) is 9.84 Å². The Labute approximate surface area is 123 Å². The second-order valence-corrected chi connectivity index (χ2v) is 6.52. The Morgan fingerprint density at radius 2 is 1.95 bits per heavy atom. The summed E-state index contributed by atoms with van der Waals surface area (Å²) in [6, 6.07) is 0.960. The number of aromatic carboxylic acids is 1. The van der Waals surface area contributed by atoms with Gasteiger partial charge in [-0.1, -0.05) is 11.6 Å². The fourth-order valence-electron chi connectivity index (χ4n) is 1.65. The molecule has 21 heavy (non-hydrogen) atoms. The van der Waals surface area contributed by atoms with Gasteiger partial charge in [0.1, 0.15) is 4.90 Å². The molecule has 10 heteroatoms. The van der Waals surface area contributed by atoms with Gasteiger partial charge in [-0.15, -0.1) is 0 Å². The maximum Gasteiger partial charge on any atom is 0.422 e. The Kier molecular flexibility index (Phi) is 4.79. The molecule has 0 saturated heterocycles. The fraction of sp³-hybridized carbons (Fsp3) is 0.364. The third-order valence-electron chi connectivity index (χ3n) is 2.34. The highest BCUT2D eigenvalue weighted by Gasteiger charge is 2.32. The summed E-state index contributed by atoms with van der Waals surface area (Å²) < 4.78 is 64.4. The van der Waals surface area contributed by atoms with Crippen LogP contribution < -0.4 is 4.74 Å². The smallest absolute Gasteiger partial charge is 0.422 e. The van der Waals surface area contributed by atoms with Gasteiger partial charge in [0.05, 0.1) is 10.6 Å². The van der Waals surface area contributed by atoms with E-state index in [1.807, 2.05) is 0 Å². The third-order valence-corrected chi connectivity index (χ3v) is 3.97. The van der Waals surface area contributed by atoms with Crippen LogP contribution in [0.1, 0.15) is 15.9 Å². The van der Waals surface area contributed by atoms with Crippen LogP contribution in [0, 0.1) is 6.92 Å². The molecule has 0 aliphatic rings. The summed E-state index contributed by atoms with van der Waals surface area (Å²) in [5.74, 6) is -2.33. The van der Waals surface area contributed by atoms with E-state index < -0.39 is 49.8 Å². The number of hydrogen-bond acceptors (Lipinski definition) is 4. The minimum absolute atomic E-state index is 0.0727. The predicted octanol–water partition coefficient (Wildman–Crippen LogP) is 2.69. The molecule has 1 rings (SSSR count). The number of rotatable bonds is 4. The molecular weight excluding hydrogens is 337 g/mol. The minimum atomic E-state index is -4.73. The van der Waals surface area contributed by atoms with Crippen molar-refractivity contribution < 1.29 is 36.2 Å². The number of hydrogen-bond donors (Lipinski definition) is 1. The van der Waals surface area contributed by atoms with Crippen LogP contribution in [0.3, 0.4) is 0 Å². The second-order valence-electron chi connectivity index (χ2n) is 4.19. The average Bonchev–Trinajstić information content (AvgIpc) is 2.26. The Hall–Kier alpha value is -1.48. The average molecular weight is 347 g/mol. The van der Waals surface area contributed by atoms with E-state index in [0.29, 0.717) is 0 Å². The van der Waals surface area contributed by atoms with Crippen molar-refractivity contribution in [2.24, 2.45) is 0 Å². The van der Waals surface area contributed by atoms with Gasteiger partial charge in [0.2, 0.25) is 0 Å². The van der Waals surface area contributed by atoms with Crippen molar-refractivity contribution in [3.05, 3.63) is 22.2 Å².